The van der Waals surface area contributed by atoms with Gasteiger partial charge in [-0.1, -0.05) is 31.5 Å². The molecule has 0 bridgehead atoms. The average Bonchev–Trinajstić information content (AvgIpc) is 3.03. The van der Waals surface area contributed by atoms with Crippen LogP contribution in [0.4, 0.5) is 5.69 Å². The third-order valence-electron chi connectivity index (χ3n) is 5.55. The minimum absolute atomic E-state index is 0.0302. The van der Waals surface area contributed by atoms with Crippen LogP contribution in [-0.2, 0) is 9.59 Å². The Bertz CT molecular complexity index is 638. The summed E-state index contributed by atoms with van der Waals surface area (Å²) in [6.45, 7) is 7.36. The highest BCUT2D eigenvalue weighted by Crippen LogP contribution is 2.25. The molecule has 2 aliphatic heterocycles. The van der Waals surface area contributed by atoms with E-state index in [0.717, 1.165) is 38.2 Å². The molecule has 0 saturated carbocycles. The molecule has 1 aromatic carbocycles. The average molecular weight is 358 g/mol. The zero-order chi connectivity index (χ0) is 18.7. The molecule has 6 heteroatoms. The van der Waals surface area contributed by atoms with Crippen molar-refractivity contribution in [1.29, 1.82) is 0 Å². The van der Waals surface area contributed by atoms with Crippen molar-refractivity contribution in [1.82, 2.24) is 9.80 Å². The van der Waals surface area contributed by atoms with Crippen molar-refractivity contribution < 1.29 is 9.59 Å². The number of rotatable bonds is 5. The lowest BCUT2D eigenvalue weighted by Gasteiger charge is -2.40. The summed E-state index contributed by atoms with van der Waals surface area (Å²) in [5, 5.41) is 0. The largest absolute Gasteiger partial charge is 0.339 e. The highest BCUT2D eigenvalue weighted by Gasteiger charge is 2.39. The Hall–Kier alpha value is -1.92. The minimum atomic E-state index is -0.787. The van der Waals surface area contributed by atoms with E-state index >= 15 is 0 Å². The zero-order valence-electron chi connectivity index (χ0n) is 15.9. The Morgan fingerprint density at radius 2 is 1.81 bits per heavy atom. The second kappa shape index (κ2) is 7.76. The molecule has 26 heavy (non-hydrogen) atoms. The van der Waals surface area contributed by atoms with Gasteiger partial charge in [-0.3, -0.25) is 14.5 Å². The number of hydrogen-bond donors (Lipinski definition) is 1. The van der Waals surface area contributed by atoms with Crippen LogP contribution in [0.1, 0.15) is 33.1 Å². The molecule has 0 aromatic heterocycles. The summed E-state index contributed by atoms with van der Waals surface area (Å²) < 4.78 is 0. The van der Waals surface area contributed by atoms with Gasteiger partial charge in [-0.25, -0.2) is 0 Å². The Kier molecular flexibility index (Phi) is 5.63. The van der Waals surface area contributed by atoms with Crippen LogP contribution in [0.5, 0.6) is 0 Å². The van der Waals surface area contributed by atoms with Crippen LogP contribution in [0.3, 0.4) is 0 Å². The lowest BCUT2D eigenvalue weighted by Crippen LogP contribution is -2.59. The summed E-state index contributed by atoms with van der Waals surface area (Å²) in [6, 6.07) is 9.76. The first-order chi connectivity index (χ1) is 12.4. The number of amides is 2. The van der Waals surface area contributed by atoms with E-state index in [1.807, 2.05) is 54.0 Å². The number of para-hydroxylation sites is 1. The SMILES string of the molecule is CCCC(C)(N)C(=O)N1CCN(C2CCN(c3ccccc3)C2=O)CC1. The topological polar surface area (TPSA) is 69.9 Å². The van der Waals surface area contributed by atoms with Crippen LogP contribution in [0.25, 0.3) is 0 Å². The van der Waals surface area contributed by atoms with Gasteiger partial charge in [0.2, 0.25) is 11.8 Å². The van der Waals surface area contributed by atoms with Crippen LogP contribution in [0, 0.1) is 0 Å². The number of anilines is 1. The highest BCUT2D eigenvalue weighted by molar-refractivity contribution is 5.99. The predicted molar refractivity (Wildman–Crippen MR) is 103 cm³/mol. The van der Waals surface area contributed by atoms with Crippen molar-refractivity contribution in [2.75, 3.05) is 37.6 Å². The Balaban J connectivity index is 1.57. The third kappa shape index (κ3) is 3.76. The first-order valence-corrected chi connectivity index (χ1v) is 9.63. The molecular formula is C20H30N4O2. The van der Waals surface area contributed by atoms with E-state index in [-0.39, 0.29) is 17.9 Å². The molecule has 2 aliphatic rings. The summed E-state index contributed by atoms with van der Waals surface area (Å²) in [4.78, 5) is 31.5. The van der Waals surface area contributed by atoms with E-state index in [9.17, 15) is 9.59 Å². The van der Waals surface area contributed by atoms with Gasteiger partial charge in [-0.05, 0) is 31.9 Å². The lowest BCUT2D eigenvalue weighted by atomic mass is 9.95. The first-order valence-electron chi connectivity index (χ1n) is 9.63. The third-order valence-corrected chi connectivity index (χ3v) is 5.55. The maximum atomic E-state index is 12.8. The van der Waals surface area contributed by atoms with Crippen molar-refractivity contribution in [3.8, 4) is 0 Å². The quantitative estimate of drug-likeness (QED) is 0.865. The number of piperazine rings is 1. The van der Waals surface area contributed by atoms with Gasteiger partial charge >= 0.3 is 0 Å². The van der Waals surface area contributed by atoms with Crippen molar-refractivity contribution in [3.63, 3.8) is 0 Å². The summed E-state index contributed by atoms with van der Waals surface area (Å²) >= 11 is 0. The second-order valence-corrected chi connectivity index (χ2v) is 7.63. The van der Waals surface area contributed by atoms with Gasteiger partial charge in [0.05, 0.1) is 11.6 Å². The Labute approximate surface area is 155 Å². The standard InChI is InChI=1S/C20H30N4O2/c1-3-10-20(2,21)19(26)23-14-12-22(13-15-23)17-9-11-24(18(17)25)16-7-5-4-6-8-16/h4-8,17H,3,9-15,21H2,1-2H3. The highest BCUT2D eigenvalue weighted by atomic mass is 16.2. The van der Waals surface area contributed by atoms with Crippen LogP contribution in [-0.4, -0.2) is 65.9 Å². The van der Waals surface area contributed by atoms with Gasteiger partial charge in [0.25, 0.3) is 0 Å². The maximum absolute atomic E-state index is 12.8. The van der Waals surface area contributed by atoms with E-state index in [2.05, 4.69) is 4.90 Å². The summed E-state index contributed by atoms with van der Waals surface area (Å²) in [5.74, 6) is 0.202. The number of carbonyl (C=O) groups is 2. The van der Waals surface area contributed by atoms with Gasteiger partial charge in [0.1, 0.15) is 0 Å². The van der Waals surface area contributed by atoms with Crippen LogP contribution in [0.15, 0.2) is 30.3 Å². The maximum Gasteiger partial charge on any atom is 0.244 e. The molecule has 142 valence electrons. The molecular weight excluding hydrogens is 328 g/mol. The monoisotopic (exact) mass is 358 g/mol. The molecule has 3 rings (SSSR count). The van der Waals surface area contributed by atoms with Crippen LogP contribution in [0.2, 0.25) is 0 Å². The van der Waals surface area contributed by atoms with Gasteiger partial charge in [-0.15, -0.1) is 0 Å². The summed E-state index contributed by atoms with van der Waals surface area (Å²) in [5.41, 5.74) is 6.38. The zero-order valence-corrected chi connectivity index (χ0v) is 15.9. The molecule has 2 atom stereocenters. The molecule has 1 aromatic rings. The van der Waals surface area contributed by atoms with Crippen molar-refractivity contribution in [2.45, 2.75) is 44.7 Å². The van der Waals surface area contributed by atoms with Gasteiger partial charge < -0.3 is 15.5 Å². The summed E-state index contributed by atoms with van der Waals surface area (Å²) in [6.07, 6.45) is 2.43. The number of nitrogens with zero attached hydrogens (tertiary/aromatic N) is 3. The van der Waals surface area contributed by atoms with E-state index in [1.165, 1.54) is 0 Å². The fraction of sp³-hybridized carbons (Fsp3) is 0.600. The smallest absolute Gasteiger partial charge is 0.244 e. The van der Waals surface area contributed by atoms with Gasteiger partial charge in [0, 0.05) is 38.4 Å². The van der Waals surface area contributed by atoms with E-state index < -0.39 is 5.54 Å². The molecule has 0 spiro atoms. The molecule has 2 fully saturated rings. The first kappa shape index (κ1) is 18.9. The van der Waals surface area contributed by atoms with E-state index in [1.54, 1.807) is 0 Å². The van der Waals surface area contributed by atoms with Crippen molar-refractivity contribution in [2.24, 2.45) is 5.73 Å². The summed E-state index contributed by atoms with van der Waals surface area (Å²) in [7, 11) is 0. The predicted octanol–water partition coefficient (Wildman–Crippen LogP) is 1.45. The van der Waals surface area contributed by atoms with Gasteiger partial charge in [0.15, 0.2) is 0 Å². The molecule has 2 unspecified atom stereocenters. The molecule has 2 heterocycles. The normalized spacial score (nSPS) is 24.0. The number of hydrogen-bond acceptors (Lipinski definition) is 4. The Morgan fingerprint density at radius 3 is 2.42 bits per heavy atom. The molecule has 2 saturated heterocycles. The number of nitrogens with two attached hydrogens (primary N) is 1. The molecule has 6 nitrogen and oxygen atoms in total. The molecule has 0 aliphatic carbocycles. The minimum Gasteiger partial charge on any atom is -0.339 e. The van der Waals surface area contributed by atoms with Crippen molar-refractivity contribution >= 4 is 17.5 Å². The fourth-order valence-corrected chi connectivity index (χ4v) is 4.09. The van der Waals surface area contributed by atoms with Crippen LogP contribution >= 0.6 is 0 Å². The second-order valence-electron chi connectivity index (χ2n) is 7.63. The van der Waals surface area contributed by atoms with Gasteiger partial charge in [-0.2, -0.15) is 0 Å². The molecule has 2 amide bonds. The number of benzene rings is 1. The van der Waals surface area contributed by atoms with E-state index in [4.69, 9.17) is 5.73 Å². The fourth-order valence-electron chi connectivity index (χ4n) is 4.09. The number of carbonyl (C=O) groups excluding carboxylic acids is 2. The Morgan fingerprint density at radius 1 is 1.15 bits per heavy atom. The van der Waals surface area contributed by atoms with Crippen molar-refractivity contribution in [3.05, 3.63) is 30.3 Å². The lowest BCUT2D eigenvalue weighted by molar-refractivity contribution is -0.139. The molecule has 2 N–H and O–H groups in total. The molecule has 0 radical (unpaired) electrons. The van der Waals surface area contributed by atoms with Crippen LogP contribution < -0.4 is 10.6 Å². The van der Waals surface area contributed by atoms with E-state index in [0.29, 0.717) is 19.5 Å².